The van der Waals surface area contributed by atoms with E-state index in [0.717, 1.165) is 13.1 Å². The van der Waals surface area contributed by atoms with Crippen LogP contribution in [0, 0.1) is 6.92 Å². The molecule has 8 heteroatoms. The molecule has 1 saturated heterocycles. The molecule has 1 heterocycles. The lowest BCUT2D eigenvalue weighted by molar-refractivity contribution is -0.134. The Labute approximate surface area is 149 Å². The normalized spacial score (nSPS) is 15.2. The number of carbonyl (C=O) groups excluding carboxylic acids is 2. The van der Waals surface area contributed by atoms with Crippen molar-refractivity contribution in [2.45, 2.75) is 19.4 Å². The Bertz CT molecular complexity index is 534. The second-order valence-electron chi connectivity index (χ2n) is 5.43. The molecule has 6 nitrogen and oxygen atoms in total. The number of nitrogens with zero attached hydrogens (tertiary/aromatic N) is 2. The molecule has 1 atom stereocenters. The maximum absolute atomic E-state index is 12.1. The molecule has 23 heavy (non-hydrogen) atoms. The van der Waals surface area contributed by atoms with E-state index in [2.05, 4.69) is 30.0 Å². The maximum atomic E-state index is 12.1. The van der Waals surface area contributed by atoms with E-state index < -0.39 is 11.9 Å². The molecule has 0 bridgehead atoms. The average Bonchev–Trinajstić information content (AvgIpc) is 2.46. The minimum absolute atomic E-state index is 0. The fourth-order valence-corrected chi connectivity index (χ4v) is 2.55. The molecule has 1 aliphatic rings. The van der Waals surface area contributed by atoms with Gasteiger partial charge in [-0.15, -0.1) is 24.8 Å². The summed E-state index contributed by atoms with van der Waals surface area (Å²) >= 11 is 0. The third kappa shape index (κ3) is 5.89. The van der Waals surface area contributed by atoms with E-state index in [4.69, 9.17) is 11.5 Å². The number of rotatable bonds is 4. The van der Waals surface area contributed by atoms with Crippen molar-refractivity contribution in [2.75, 3.05) is 31.1 Å². The third-order valence-electron chi connectivity index (χ3n) is 3.70. The van der Waals surface area contributed by atoms with E-state index in [1.165, 1.54) is 11.3 Å². The quantitative estimate of drug-likeness (QED) is 0.823. The summed E-state index contributed by atoms with van der Waals surface area (Å²) in [6, 6.07) is 7.48. The summed E-state index contributed by atoms with van der Waals surface area (Å²) in [6.07, 6.45) is -0.100. The maximum Gasteiger partial charge on any atom is 0.240 e. The number of hydrogen-bond acceptors (Lipinski definition) is 4. The molecular weight excluding hydrogens is 339 g/mol. The number of amides is 2. The van der Waals surface area contributed by atoms with Gasteiger partial charge in [-0.3, -0.25) is 9.59 Å². The van der Waals surface area contributed by atoms with Crippen LogP contribution in [0.3, 0.4) is 0 Å². The third-order valence-corrected chi connectivity index (χ3v) is 3.70. The van der Waals surface area contributed by atoms with Crippen LogP contribution >= 0.6 is 24.8 Å². The number of nitrogens with two attached hydrogens (primary N) is 2. The first-order valence-corrected chi connectivity index (χ1v) is 7.11. The van der Waals surface area contributed by atoms with E-state index >= 15 is 0 Å². The Morgan fingerprint density at radius 2 is 1.78 bits per heavy atom. The monoisotopic (exact) mass is 362 g/mol. The van der Waals surface area contributed by atoms with Crippen molar-refractivity contribution in [1.82, 2.24) is 4.90 Å². The van der Waals surface area contributed by atoms with Crippen molar-refractivity contribution in [1.29, 1.82) is 0 Å². The first-order valence-electron chi connectivity index (χ1n) is 7.11. The molecule has 0 radical (unpaired) electrons. The van der Waals surface area contributed by atoms with Crippen LogP contribution in [-0.2, 0) is 9.59 Å². The number of anilines is 1. The molecule has 0 aliphatic carbocycles. The van der Waals surface area contributed by atoms with Gasteiger partial charge in [0.15, 0.2) is 0 Å². The number of primary amides is 1. The number of halogens is 2. The second-order valence-corrected chi connectivity index (χ2v) is 5.43. The fraction of sp³-hybridized carbons (Fsp3) is 0.467. The van der Waals surface area contributed by atoms with Crippen molar-refractivity contribution in [3.63, 3.8) is 0 Å². The molecule has 130 valence electrons. The lowest BCUT2D eigenvalue weighted by atomic mass is 10.1. The molecule has 1 fully saturated rings. The van der Waals surface area contributed by atoms with E-state index in [0.29, 0.717) is 13.1 Å². The van der Waals surface area contributed by atoms with Gasteiger partial charge in [0.2, 0.25) is 11.8 Å². The van der Waals surface area contributed by atoms with Crippen LogP contribution in [0.1, 0.15) is 12.0 Å². The predicted octanol–water partition coefficient (Wildman–Crippen LogP) is 0.690. The molecule has 2 amide bonds. The van der Waals surface area contributed by atoms with E-state index in [-0.39, 0.29) is 37.1 Å². The first-order chi connectivity index (χ1) is 9.97. The molecule has 1 aromatic rings. The highest BCUT2D eigenvalue weighted by molar-refractivity contribution is 5.87. The van der Waals surface area contributed by atoms with Gasteiger partial charge in [0.25, 0.3) is 0 Å². The Morgan fingerprint density at radius 3 is 2.30 bits per heavy atom. The zero-order chi connectivity index (χ0) is 15.4. The summed E-state index contributed by atoms with van der Waals surface area (Å²) in [4.78, 5) is 26.9. The van der Waals surface area contributed by atoms with Crippen LogP contribution in [0.25, 0.3) is 0 Å². The largest absolute Gasteiger partial charge is 0.370 e. The topological polar surface area (TPSA) is 92.7 Å². The van der Waals surface area contributed by atoms with Gasteiger partial charge in [0.1, 0.15) is 0 Å². The molecule has 1 aliphatic heterocycles. The standard InChI is InChI=1S/C15H22N4O2.2ClH/c1-11-3-2-4-12(9-11)18-5-7-19(8-6-18)15(21)13(16)10-14(17)20;;/h2-4,9,13H,5-8,10,16H2,1H3,(H2,17,20);2*1H. The number of piperazine rings is 1. The van der Waals surface area contributed by atoms with Crippen LogP contribution in [0.4, 0.5) is 5.69 Å². The zero-order valence-electron chi connectivity index (χ0n) is 13.1. The van der Waals surface area contributed by atoms with E-state index in [9.17, 15) is 9.59 Å². The first kappa shape index (κ1) is 21.5. The number of hydrogen-bond donors (Lipinski definition) is 2. The smallest absolute Gasteiger partial charge is 0.240 e. The lowest BCUT2D eigenvalue weighted by Crippen LogP contribution is -2.53. The summed E-state index contributed by atoms with van der Waals surface area (Å²) in [7, 11) is 0. The van der Waals surface area contributed by atoms with Crippen LogP contribution in [0.15, 0.2) is 24.3 Å². The van der Waals surface area contributed by atoms with Gasteiger partial charge in [-0.1, -0.05) is 12.1 Å². The Morgan fingerprint density at radius 1 is 1.17 bits per heavy atom. The summed E-state index contributed by atoms with van der Waals surface area (Å²) < 4.78 is 0. The van der Waals surface area contributed by atoms with Crippen molar-refractivity contribution in [3.05, 3.63) is 29.8 Å². The van der Waals surface area contributed by atoms with Gasteiger partial charge < -0.3 is 21.3 Å². The summed E-state index contributed by atoms with van der Waals surface area (Å²) in [5.74, 6) is -0.744. The molecule has 0 saturated carbocycles. The fourth-order valence-electron chi connectivity index (χ4n) is 2.55. The van der Waals surface area contributed by atoms with Gasteiger partial charge in [-0.25, -0.2) is 0 Å². The number of benzene rings is 1. The van der Waals surface area contributed by atoms with Crippen LogP contribution in [0.2, 0.25) is 0 Å². The van der Waals surface area contributed by atoms with Crippen molar-refractivity contribution in [3.8, 4) is 0 Å². The molecule has 2 rings (SSSR count). The van der Waals surface area contributed by atoms with Crippen molar-refractivity contribution < 1.29 is 9.59 Å². The van der Waals surface area contributed by atoms with Gasteiger partial charge in [-0.2, -0.15) is 0 Å². The molecular formula is C15H24Cl2N4O2. The van der Waals surface area contributed by atoms with E-state index in [1.807, 2.05) is 6.07 Å². The molecule has 1 aromatic carbocycles. The van der Waals surface area contributed by atoms with Crippen LogP contribution < -0.4 is 16.4 Å². The Balaban J connectivity index is 0.00000242. The predicted molar refractivity (Wildman–Crippen MR) is 96.3 cm³/mol. The highest BCUT2D eigenvalue weighted by atomic mass is 35.5. The molecule has 4 N–H and O–H groups in total. The van der Waals surface area contributed by atoms with Gasteiger partial charge in [0.05, 0.1) is 12.5 Å². The molecule has 0 spiro atoms. The lowest BCUT2D eigenvalue weighted by Gasteiger charge is -2.37. The summed E-state index contributed by atoms with van der Waals surface area (Å²) in [5, 5.41) is 0. The van der Waals surface area contributed by atoms with Gasteiger partial charge in [0, 0.05) is 31.9 Å². The average molecular weight is 363 g/mol. The summed E-state index contributed by atoms with van der Waals surface area (Å²) in [5.41, 5.74) is 13.2. The zero-order valence-corrected chi connectivity index (χ0v) is 14.7. The van der Waals surface area contributed by atoms with Gasteiger partial charge in [-0.05, 0) is 24.6 Å². The highest BCUT2D eigenvalue weighted by Gasteiger charge is 2.26. The highest BCUT2D eigenvalue weighted by Crippen LogP contribution is 2.18. The summed E-state index contributed by atoms with van der Waals surface area (Å²) in [6.45, 7) is 4.81. The van der Waals surface area contributed by atoms with Crippen LogP contribution in [-0.4, -0.2) is 48.9 Å². The number of carbonyl (C=O) groups is 2. The van der Waals surface area contributed by atoms with Crippen LogP contribution in [0.5, 0.6) is 0 Å². The minimum Gasteiger partial charge on any atom is -0.370 e. The van der Waals surface area contributed by atoms with E-state index in [1.54, 1.807) is 4.90 Å². The SMILES string of the molecule is Cc1cccc(N2CCN(C(=O)C(N)CC(N)=O)CC2)c1.Cl.Cl. The Kier molecular flexibility index (Phi) is 8.97. The second kappa shape index (κ2) is 9.60. The molecule has 0 aromatic heterocycles. The van der Waals surface area contributed by atoms with Crippen molar-refractivity contribution >= 4 is 42.3 Å². The van der Waals surface area contributed by atoms with Crippen molar-refractivity contribution in [2.24, 2.45) is 11.5 Å². The minimum atomic E-state index is -0.826. The van der Waals surface area contributed by atoms with Gasteiger partial charge >= 0.3 is 0 Å². The Hall–Kier alpha value is -1.50. The number of aryl methyl sites for hydroxylation is 1. The molecule has 1 unspecified atom stereocenters.